The fourth-order valence-electron chi connectivity index (χ4n) is 2.48. The molecule has 0 spiro atoms. The topological polar surface area (TPSA) is 21.3 Å². The van der Waals surface area contributed by atoms with Gasteiger partial charge >= 0.3 is 0 Å². The van der Waals surface area contributed by atoms with Gasteiger partial charge in [-0.2, -0.15) is 0 Å². The smallest absolute Gasteiger partial charge is 0.147 e. The Bertz CT molecular complexity index is 617. The van der Waals surface area contributed by atoms with Gasteiger partial charge in [0.1, 0.15) is 5.82 Å². The minimum Gasteiger partial charge on any atom is -0.380 e. The molecule has 1 heterocycles. The first-order chi connectivity index (χ1) is 9.74. The highest BCUT2D eigenvalue weighted by Crippen LogP contribution is 2.28. The maximum Gasteiger partial charge on any atom is 0.147 e. The van der Waals surface area contributed by atoms with Crippen LogP contribution < -0.4 is 5.32 Å². The Labute approximate surface area is 122 Å². The van der Waals surface area contributed by atoms with Crippen molar-refractivity contribution in [2.24, 2.45) is 0 Å². The van der Waals surface area contributed by atoms with Crippen LogP contribution in [0.2, 0.25) is 5.02 Å². The highest BCUT2D eigenvalue weighted by atomic mass is 35.5. The minimum atomic E-state index is -0.346. The summed E-state index contributed by atoms with van der Waals surface area (Å²) in [5.41, 5.74) is 2.93. The number of ether oxygens (including phenoxy) is 1. The van der Waals surface area contributed by atoms with Crippen molar-refractivity contribution >= 4 is 17.3 Å². The molecule has 0 aliphatic carbocycles. The average molecular weight is 292 g/mol. The summed E-state index contributed by atoms with van der Waals surface area (Å²) in [7, 11) is 0. The van der Waals surface area contributed by atoms with E-state index in [0.717, 1.165) is 6.42 Å². The van der Waals surface area contributed by atoms with Gasteiger partial charge < -0.3 is 10.1 Å². The van der Waals surface area contributed by atoms with Crippen LogP contribution in [0.15, 0.2) is 42.5 Å². The Hall–Kier alpha value is -1.58. The van der Waals surface area contributed by atoms with Gasteiger partial charge in [0.25, 0.3) is 0 Å². The van der Waals surface area contributed by atoms with Crippen LogP contribution in [0.4, 0.5) is 10.1 Å². The Morgan fingerprint density at radius 1 is 1.25 bits per heavy atom. The lowest BCUT2D eigenvalue weighted by Gasteiger charge is -2.26. The molecule has 1 aliphatic heterocycles. The number of benzene rings is 2. The highest BCUT2D eigenvalue weighted by molar-refractivity contribution is 6.30. The number of hydrogen-bond donors (Lipinski definition) is 1. The van der Waals surface area contributed by atoms with Crippen LogP contribution in [-0.4, -0.2) is 13.2 Å². The summed E-state index contributed by atoms with van der Waals surface area (Å²) < 4.78 is 19.5. The number of rotatable bonds is 3. The molecule has 20 heavy (non-hydrogen) atoms. The molecule has 104 valence electrons. The van der Waals surface area contributed by atoms with Gasteiger partial charge in [0.2, 0.25) is 0 Å². The molecule has 1 aliphatic rings. The van der Waals surface area contributed by atoms with Crippen molar-refractivity contribution in [2.75, 3.05) is 18.5 Å². The Kier molecular flexibility index (Phi) is 3.90. The standard InChI is InChI=1S/C16H15ClFNO/c17-12-5-6-15(14(18)9-12)19-10-16-13-4-2-1-3-11(13)7-8-20-16/h1-6,9,16,19H,7-8,10H2. The third-order valence-electron chi connectivity index (χ3n) is 3.50. The molecule has 1 atom stereocenters. The summed E-state index contributed by atoms with van der Waals surface area (Å²) in [5, 5.41) is 3.49. The maximum atomic E-state index is 13.7. The Morgan fingerprint density at radius 3 is 2.95 bits per heavy atom. The predicted molar refractivity (Wildman–Crippen MR) is 78.7 cm³/mol. The zero-order valence-electron chi connectivity index (χ0n) is 10.9. The lowest BCUT2D eigenvalue weighted by atomic mass is 9.97. The van der Waals surface area contributed by atoms with Gasteiger partial charge in [-0.15, -0.1) is 0 Å². The van der Waals surface area contributed by atoms with Crippen molar-refractivity contribution in [3.8, 4) is 0 Å². The number of nitrogens with one attached hydrogen (secondary N) is 1. The summed E-state index contributed by atoms with van der Waals surface area (Å²) in [4.78, 5) is 0. The van der Waals surface area contributed by atoms with Gasteiger partial charge in [-0.05, 0) is 35.7 Å². The van der Waals surface area contributed by atoms with E-state index in [2.05, 4.69) is 17.4 Å². The lowest BCUT2D eigenvalue weighted by Crippen LogP contribution is -2.23. The van der Waals surface area contributed by atoms with Crippen molar-refractivity contribution in [1.29, 1.82) is 0 Å². The van der Waals surface area contributed by atoms with Crippen LogP contribution in [0.25, 0.3) is 0 Å². The van der Waals surface area contributed by atoms with E-state index in [-0.39, 0.29) is 11.9 Å². The van der Waals surface area contributed by atoms with Gasteiger partial charge in [0, 0.05) is 11.6 Å². The van der Waals surface area contributed by atoms with Crippen LogP contribution in [0.3, 0.4) is 0 Å². The monoisotopic (exact) mass is 291 g/mol. The zero-order valence-corrected chi connectivity index (χ0v) is 11.7. The van der Waals surface area contributed by atoms with E-state index in [0.29, 0.717) is 23.9 Å². The number of halogens is 2. The lowest BCUT2D eigenvalue weighted by molar-refractivity contribution is 0.0513. The van der Waals surface area contributed by atoms with Gasteiger partial charge in [0.05, 0.1) is 18.4 Å². The van der Waals surface area contributed by atoms with Crippen molar-refractivity contribution in [3.63, 3.8) is 0 Å². The van der Waals surface area contributed by atoms with Gasteiger partial charge in [0.15, 0.2) is 0 Å². The summed E-state index contributed by atoms with van der Waals surface area (Å²) in [6.45, 7) is 1.24. The number of fused-ring (bicyclic) bond motifs is 1. The van der Waals surface area contributed by atoms with E-state index in [1.165, 1.54) is 17.2 Å². The molecule has 1 N–H and O–H groups in total. The predicted octanol–water partition coefficient (Wildman–Crippen LogP) is 4.21. The van der Waals surface area contributed by atoms with E-state index >= 15 is 0 Å². The average Bonchev–Trinajstić information content (AvgIpc) is 2.46. The highest BCUT2D eigenvalue weighted by Gasteiger charge is 2.20. The van der Waals surface area contributed by atoms with E-state index < -0.39 is 0 Å². The molecular formula is C16H15ClFNO. The van der Waals surface area contributed by atoms with Crippen molar-refractivity contribution in [1.82, 2.24) is 0 Å². The molecule has 3 rings (SSSR count). The van der Waals surface area contributed by atoms with Gasteiger partial charge in [-0.25, -0.2) is 4.39 Å². The summed E-state index contributed by atoms with van der Waals surface area (Å²) in [6.07, 6.45) is 0.886. The molecule has 0 saturated carbocycles. The van der Waals surface area contributed by atoms with Crippen molar-refractivity contribution in [3.05, 3.63) is 64.4 Å². The van der Waals surface area contributed by atoms with E-state index in [1.807, 2.05) is 12.1 Å². The molecule has 0 bridgehead atoms. The zero-order chi connectivity index (χ0) is 13.9. The summed E-state index contributed by atoms with van der Waals surface area (Å²) >= 11 is 5.74. The van der Waals surface area contributed by atoms with Gasteiger partial charge in [-0.3, -0.25) is 0 Å². The molecule has 2 aromatic carbocycles. The minimum absolute atomic E-state index is 0.0463. The van der Waals surface area contributed by atoms with E-state index in [4.69, 9.17) is 16.3 Å². The SMILES string of the molecule is Fc1cc(Cl)ccc1NCC1OCCc2ccccc21. The molecule has 2 aromatic rings. The molecule has 2 nitrogen and oxygen atoms in total. The van der Waals surface area contributed by atoms with Gasteiger partial charge in [-0.1, -0.05) is 35.9 Å². The molecular weight excluding hydrogens is 277 g/mol. The van der Waals surface area contributed by atoms with Crippen LogP contribution in [0.5, 0.6) is 0 Å². The second kappa shape index (κ2) is 5.81. The van der Waals surface area contributed by atoms with Crippen LogP contribution in [0, 0.1) is 5.82 Å². The molecule has 0 aromatic heterocycles. The summed E-state index contributed by atoms with van der Waals surface area (Å²) in [6, 6.07) is 12.8. The molecule has 0 amide bonds. The van der Waals surface area contributed by atoms with E-state index in [1.54, 1.807) is 12.1 Å². The van der Waals surface area contributed by atoms with Crippen LogP contribution in [-0.2, 0) is 11.2 Å². The number of anilines is 1. The molecule has 0 fully saturated rings. The van der Waals surface area contributed by atoms with Crippen LogP contribution in [0.1, 0.15) is 17.2 Å². The Morgan fingerprint density at radius 2 is 2.10 bits per heavy atom. The third kappa shape index (κ3) is 2.79. The summed E-state index contributed by atoms with van der Waals surface area (Å²) in [5.74, 6) is -0.346. The normalized spacial score (nSPS) is 17.6. The van der Waals surface area contributed by atoms with Crippen LogP contribution >= 0.6 is 11.6 Å². The molecule has 0 radical (unpaired) electrons. The fourth-order valence-corrected chi connectivity index (χ4v) is 2.64. The third-order valence-corrected chi connectivity index (χ3v) is 3.74. The first-order valence-electron chi connectivity index (χ1n) is 6.62. The Balaban J connectivity index is 1.73. The first-order valence-corrected chi connectivity index (χ1v) is 7.00. The molecule has 1 unspecified atom stereocenters. The molecule has 4 heteroatoms. The van der Waals surface area contributed by atoms with Crippen molar-refractivity contribution in [2.45, 2.75) is 12.5 Å². The van der Waals surface area contributed by atoms with E-state index in [9.17, 15) is 4.39 Å². The second-order valence-corrected chi connectivity index (χ2v) is 5.25. The maximum absolute atomic E-state index is 13.7. The first kappa shape index (κ1) is 13.4. The quantitative estimate of drug-likeness (QED) is 0.915. The van der Waals surface area contributed by atoms with Crippen molar-refractivity contribution < 1.29 is 9.13 Å². The molecule has 0 saturated heterocycles. The second-order valence-electron chi connectivity index (χ2n) is 4.81. The largest absolute Gasteiger partial charge is 0.380 e. The fraction of sp³-hybridized carbons (Fsp3) is 0.250. The number of hydrogen-bond acceptors (Lipinski definition) is 2.